The Morgan fingerprint density at radius 2 is 2.30 bits per heavy atom. The number of hydrogen-bond donors (Lipinski definition) is 0. The Hall–Kier alpha value is -0.340. The minimum atomic E-state index is -2.65. The lowest BCUT2D eigenvalue weighted by molar-refractivity contribution is -0.488. The van der Waals surface area contributed by atoms with Gasteiger partial charge < -0.3 is 0 Å². The van der Waals surface area contributed by atoms with Crippen molar-refractivity contribution in [3.05, 3.63) is 11.6 Å². The predicted octanol–water partition coefficient (Wildman–Crippen LogP) is 2.06. The van der Waals surface area contributed by atoms with Gasteiger partial charge in [0.05, 0.1) is 0 Å². The van der Waals surface area contributed by atoms with E-state index in [9.17, 15) is 0 Å². The van der Waals surface area contributed by atoms with Crippen molar-refractivity contribution in [3.63, 3.8) is 0 Å². The Kier molecular flexibility index (Phi) is 0.698. The summed E-state index contributed by atoms with van der Waals surface area (Å²) in [6.07, 6.45) is 0.465. The van der Waals surface area contributed by atoms with Crippen LogP contribution in [0.4, 0.5) is 0 Å². The molecule has 0 aliphatic carbocycles. The molecular formula is C8H14O2. The monoisotopic (exact) mass is 148 g/mol. The van der Waals surface area contributed by atoms with Gasteiger partial charge in [-0.05, 0) is 27.6 Å². The first-order valence-electron chi connectivity index (χ1n) is 6.02. The summed E-state index contributed by atoms with van der Waals surface area (Å²) >= 11 is 0. The van der Waals surface area contributed by atoms with E-state index in [1.54, 1.807) is 13.8 Å². The van der Waals surface area contributed by atoms with Crippen LogP contribution in [0.25, 0.3) is 0 Å². The van der Waals surface area contributed by atoms with Crippen molar-refractivity contribution in [1.82, 2.24) is 0 Å². The third-order valence-corrected chi connectivity index (χ3v) is 1.37. The van der Waals surface area contributed by atoms with Gasteiger partial charge in [0.25, 0.3) is 0 Å². The summed E-state index contributed by atoms with van der Waals surface area (Å²) in [5.74, 6) is 0. The molecule has 1 fully saturated rings. The van der Waals surface area contributed by atoms with Crippen LogP contribution in [0.15, 0.2) is 11.6 Å². The van der Waals surface area contributed by atoms with Crippen molar-refractivity contribution in [2.24, 2.45) is 0 Å². The van der Waals surface area contributed by atoms with Gasteiger partial charge in [-0.1, -0.05) is 11.6 Å². The zero-order valence-electron chi connectivity index (χ0n) is 12.0. The molecule has 0 N–H and O–H groups in total. The highest BCUT2D eigenvalue weighted by Crippen LogP contribution is 2.30. The van der Waals surface area contributed by atoms with Crippen molar-refractivity contribution in [2.75, 3.05) is 0 Å². The van der Waals surface area contributed by atoms with Crippen LogP contribution < -0.4 is 0 Å². The van der Waals surface area contributed by atoms with Crippen LogP contribution in [0.1, 0.15) is 35.8 Å². The van der Waals surface area contributed by atoms with E-state index < -0.39 is 31.0 Å². The van der Waals surface area contributed by atoms with Crippen molar-refractivity contribution in [2.45, 2.75) is 39.3 Å². The summed E-state index contributed by atoms with van der Waals surface area (Å²) in [6, 6.07) is 0. The third kappa shape index (κ3) is 1.39. The van der Waals surface area contributed by atoms with Gasteiger partial charge >= 0.3 is 0 Å². The van der Waals surface area contributed by atoms with Gasteiger partial charge in [0.1, 0.15) is 11.7 Å². The Bertz CT molecular complexity index is 285. The SMILES string of the molecule is [2H]C([2H])([2H])C(=CC1OOC1(C)C)C([2H])([2H])[2H]. The Morgan fingerprint density at radius 3 is 2.60 bits per heavy atom. The van der Waals surface area contributed by atoms with Crippen LogP contribution in [0.3, 0.4) is 0 Å². The highest BCUT2D eigenvalue weighted by Gasteiger charge is 2.41. The molecular weight excluding hydrogens is 128 g/mol. The van der Waals surface area contributed by atoms with E-state index in [1.165, 1.54) is 0 Å². The first-order valence-corrected chi connectivity index (χ1v) is 3.02. The highest BCUT2D eigenvalue weighted by atomic mass is 17.3. The van der Waals surface area contributed by atoms with E-state index in [0.29, 0.717) is 0 Å². The topological polar surface area (TPSA) is 18.5 Å². The average molecular weight is 148 g/mol. The predicted molar refractivity (Wildman–Crippen MR) is 39.5 cm³/mol. The second kappa shape index (κ2) is 2.36. The molecule has 1 atom stereocenters. The lowest BCUT2D eigenvalue weighted by atomic mass is 9.98. The molecule has 0 aromatic rings. The van der Waals surface area contributed by atoms with E-state index in [2.05, 4.69) is 0 Å². The molecule has 0 amide bonds. The molecule has 1 aliphatic rings. The van der Waals surface area contributed by atoms with Crippen molar-refractivity contribution in [3.8, 4) is 0 Å². The van der Waals surface area contributed by atoms with Crippen molar-refractivity contribution < 1.29 is 18.0 Å². The van der Waals surface area contributed by atoms with E-state index in [1.807, 2.05) is 0 Å². The molecule has 2 heteroatoms. The maximum absolute atomic E-state index is 7.18. The van der Waals surface area contributed by atoms with Gasteiger partial charge in [-0.2, -0.15) is 0 Å². The van der Waals surface area contributed by atoms with Crippen LogP contribution in [0.2, 0.25) is 0 Å². The fourth-order valence-electron chi connectivity index (χ4n) is 0.676. The molecule has 1 saturated heterocycles. The van der Waals surface area contributed by atoms with E-state index in [0.717, 1.165) is 6.08 Å². The summed E-state index contributed by atoms with van der Waals surface area (Å²) in [5, 5.41) is 0. The summed E-state index contributed by atoms with van der Waals surface area (Å²) in [7, 11) is 0. The van der Waals surface area contributed by atoms with Gasteiger partial charge in [-0.25, -0.2) is 9.78 Å². The normalized spacial score (nSPS) is 40.4. The lowest BCUT2D eigenvalue weighted by Crippen LogP contribution is -2.50. The van der Waals surface area contributed by atoms with Crippen molar-refractivity contribution in [1.29, 1.82) is 0 Å². The quantitative estimate of drug-likeness (QED) is 0.418. The highest BCUT2D eigenvalue weighted by molar-refractivity contribution is 5.05. The van der Waals surface area contributed by atoms with Gasteiger partial charge in [0, 0.05) is 8.22 Å². The second-order valence-corrected chi connectivity index (χ2v) is 2.78. The molecule has 0 spiro atoms. The van der Waals surface area contributed by atoms with Gasteiger partial charge in [-0.15, -0.1) is 0 Å². The van der Waals surface area contributed by atoms with Crippen molar-refractivity contribution >= 4 is 0 Å². The molecule has 1 unspecified atom stereocenters. The number of allylic oxidation sites excluding steroid dienone is 1. The molecule has 10 heavy (non-hydrogen) atoms. The zero-order chi connectivity index (χ0) is 12.8. The zero-order valence-corrected chi connectivity index (χ0v) is 5.97. The lowest BCUT2D eigenvalue weighted by Gasteiger charge is -2.40. The number of hydrogen-bond acceptors (Lipinski definition) is 2. The molecule has 1 aliphatic heterocycles. The van der Waals surface area contributed by atoms with Crippen LogP contribution in [0, 0.1) is 0 Å². The summed E-state index contributed by atoms with van der Waals surface area (Å²) in [4.78, 5) is 9.44. The largest absolute Gasteiger partial charge is 0.227 e. The molecule has 0 bridgehead atoms. The fraction of sp³-hybridized carbons (Fsp3) is 0.750. The van der Waals surface area contributed by atoms with Crippen LogP contribution in [0.5, 0.6) is 0 Å². The Morgan fingerprint density at radius 1 is 1.60 bits per heavy atom. The standard InChI is InChI=1S/C8H14O2/c1-6(2)5-7-8(3,4)10-9-7/h5,7H,1-4H3/i1D3,2D3. The van der Waals surface area contributed by atoms with Gasteiger partial charge in [0.2, 0.25) is 0 Å². The maximum Gasteiger partial charge on any atom is 0.143 e. The summed E-state index contributed by atoms with van der Waals surface area (Å²) in [6.45, 7) is -1.93. The van der Waals surface area contributed by atoms with E-state index >= 15 is 0 Å². The molecule has 1 rings (SSSR count). The summed E-state index contributed by atoms with van der Waals surface area (Å²) in [5.41, 5.74) is -1.27. The maximum atomic E-state index is 7.18. The van der Waals surface area contributed by atoms with Crippen LogP contribution in [-0.2, 0) is 9.78 Å². The van der Waals surface area contributed by atoms with Crippen LogP contribution >= 0.6 is 0 Å². The van der Waals surface area contributed by atoms with Gasteiger partial charge in [-0.3, -0.25) is 0 Å². The first-order chi connectivity index (χ1) is 6.94. The molecule has 0 radical (unpaired) electrons. The Balaban J connectivity index is 2.99. The fourth-order valence-corrected chi connectivity index (χ4v) is 0.676. The summed E-state index contributed by atoms with van der Waals surface area (Å²) < 4.78 is 43.1. The third-order valence-electron chi connectivity index (χ3n) is 1.37. The second-order valence-electron chi connectivity index (χ2n) is 2.78. The molecule has 1 heterocycles. The average Bonchev–Trinajstić information content (AvgIpc) is 1.97. The number of rotatable bonds is 1. The molecule has 58 valence electrons. The molecule has 2 nitrogen and oxygen atoms in total. The smallest absolute Gasteiger partial charge is 0.143 e. The molecule has 0 aromatic heterocycles. The minimum Gasteiger partial charge on any atom is -0.227 e. The minimum absolute atomic E-state index is 0.582. The van der Waals surface area contributed by atoms with E-state index in [-0.39, 0.29) is 0 Å². The first kappa shape index (κ1) is 2.95. The van der Waals surface area contributed by atoms with E-state index in [4.69, 9.17) is 18.0 Å². The molecule has 0 aromatic carbocycles. The van der Waals surface area contributed by atoms with Gasteiger partial charge in [0.15, 0.2) is 0 Å². The molecule has 0 saturated carbocycles. The van der Waals surface area contributed by atoms with Crippen LogP contribution in [-0.4, -0.2) is 11.7 Å². The Labute approximate surface area is 70.2 Å².